The number of benzene rings is 1. The number of rotatable bonds is 5. The summed E-state index contributed by atoms with van der Waals surface area (Å²) in [6, 6.07) is 5.74. The number of nitrogens with one attached hydrogen (secondary N) is 2. The largest absolute Gasteiger partial charge is 0.464 e. The van der Waals surface area contributed by atoms with Gasteiger partial charge >= 0.3 is 6.01 Å². The molecular weight excluding hydrogens is 346 g/mol. The van der Waals surface area contributed by atoms with Crippen LogP contribution in [0, 0.1) is 0 Å². The van der Waals surface area contributed by atoms with Gasteiger partial charge in [0.2, 0.25) is 11.9 Å². The van der Waals surface area contributed by atoms with Crippen molar-refractivity contribution in [3.63, 3.8) is 0 Å². The Morgan fingerprint density at radius 2 is 2.00 bits per heavy atom. The molecule has 0 radical (unpaired) electrons. The van der Waals surface area contributed by atoms with E-state index in [4.69, 9.17) is 16.3 Å². The van der Waals surface area contributed by atoms with Gasteiger partial charge in [-0.15, -0.1) is 0 Å². The fourth-order valence-corrected chi connectivity index (χ4v) is 1.85. The lowest BCUT2D eigenvalue weighted by Gasteiger charge is -2.09. The monoisotopic (exact) mass is 357 g/mol. The molecule has 20 heavy (non-hydrogen) atoms. The molecule has 2 N–H and O–H groups in total. The smallest absolute Gasteiger partial charge is 0.323 e. The molecule has 0 aliphatic heterocycles. The van der Waals surface area contributed by atoms with Gasteiger partial charge in [0, 0.05) is 17.2 Å². The molecule has 0 aliphatic rings. The van der Waals surface area contributed by atoms with Crippen molar-refractivity contribution in [3.8, 4) is 6.01 Å². The van der Waals surface area contributed by atoms with Crippen molar-refractivity contribution in [2.24, 2.45) is 0 Å². The summed E-state index contributed by atoms with van der Waals surface area (Å²) in [6.45, 7) is 2.35. The molecular formula is C12H13BrClN5O. The number of ether oxygens (including phenoxy) is 1. The van der Waals surface area contributed by atoms with Gasteiger partial charge in [-0.05, 0) is 41.1 Å². The average molecular weight is 359 g/mol. The second kappa shape index (κ2) is 6.71. The number of hydrogen-bond acceptors (Lipinski definition) is 6. The Hall–Kier alpha value is -1.60. The highest BCUT2D eigenvalue weighted by atomic mass is 79.9. The molecule has 0 unspecified atom stereocenters. The van der Waals surface area contributed by atoms with E-state index in [1.54, 1.807) is 13.1 Å². The summed E-state index contributed by atoms with van der Waals surface area (Å²) in [5, 5.41) is 6.51. The zero-order chi connectivity index (χ0) is 14.5. The van der Waals surface area contributed by atoms with Gasteiger partial charge in [-0.2, -0.15) is 15.0 Å². The van der Waals surface area contributed by atoms with Crippen molar-refractivity contribution in [1.29, 1.82) is 0 Å². The van der Waals surface area contributed by atoms with E-state index in [0.29, 0.717) is 23.5 Å². The number of halogens is 2. The van der Waals surface area contributed by atoms with Crippen LogP contribution in [0.25, 0.3) is 0 Å². The van der Waals surface area contributed by atoms with E-state index >= 15 is 0 Å². The minimum atomic E-state index is 0.262. The lowest BCUT2D eigenvalue weighted by Crippen LogP contribution is -2.06. The summed E-state index contributed by atoms with van der Waals surface area (Å²) in [4.78, 5) is 12.5. The molecule has 8 heteroatoms. The maximum absolute atomic E-state index is 6.04. The van der Waals surface area contributed by atoms with E-state index < -0.39 is 0 Å². The zero-order valence-electron chi connectivity index (χ0n) is 10.9. The minimum absolute atomic E-state index is 0.262. The maximum atomic E-state index is 6.04. The quantitative estimate of drug-likeness (QED) is 0.852. The van der Waals surface area contributed by atoms with Gasteiger partial charge in [0.25, 0.3) is 0 Å². The summed E-state index contributed by atoms with van der Waals surface area (Å²) < 4.78 is 6.12. The first-order valence-corrected chi connectivity index (χ1v) is 7.08. The van der Waals surface area contributed by atoms with Crippen LogP contribution in [0.1, 0.15) is 6.92 Å². The van der Waals surface area contributed by atoms with E-state index in [1.165, 1.54) is 0 Å². The zero-order valence-corrected chi connectivity index (χ0v) is 13.3. The molecule has 2 aromatic rings. The van der Waals surface area contributed by atoms with Crippen molar-refractivity contribution in [2.75, 3.05) is 24.3 Å². The molecule has 0 saturated carbocycles. The van der Waals surface area contributed by atoms with Crippen molar-refractivity contribution in [2.45, 2.75) is 6.92 Å². The molecule has 0 bridgehead atoms. The standard InChI is InChI=1S/C12H13BrClN5O/c1-3-20-12-18-10(15-2)17-11(19-12)16-7-4-5-8(13)9(14)6-7/h4-6H,3H2,1-2H3,(H2,15,16,17,18,19). The molecule has 0 saturated heterocycles. The highest BCUT2D eigenvalue weighted by Gasteiger charge is 2.07. The molecule has 0 amide bonds. The topological polar surface area (TPSA) is 72.0 Å². The van der Waals surface area contributed by atoms with Gasteiger partial charge in [0.15, 0.2) is 0 Å². The second-order valence-corrected chi connectivity index (χ2v) is 4.96. The Morgan fingerprint density at radius 3 is 2.65 bits per heavy atom. The van der Waals surface area contributed by atoms with Crippen LogP contribution in [0.5, 0.6) is 6.01 Å². The molecule has 1 aromatic carbocycles. The predicted octanol–water partition coefficient (Wildman–Crippen LogP) is 3.47. The van der Waals surface area contributed by atoms with Crippen LogP contribution in [0.4, 0.5) is 17.6 Å². The number of nitrogens with zero attached hydrogens (tertiary/aromatic N) is 3. The molecule has 2 rings (SSSR count). The van der Waals surface area contributed by atoms with Gasteiger partial charge < -0.3 is 15.4 Å². The summed E-state index contributed by atoms with van der Waals surface area (Å²) in [5.74, 6) is 0.806. The van der Waals surface area contributed by atoms with Crippen LogP contribution in [-0.4, -0.2) is 28.6 Å². The van der Waals surface area contributed by atoms with E-state index in [-0.39, 0.29) is 6.01 Å². The van der Waals surface area contributed by atoms with E-state index in [0.717, 1.165) is 10.2 Å². The van der Waals surface area contributed by atoms with Gasteiger partial charge in [-0.1, -0.05) is 11.6 Å². The molecule has 0 fully saturated rings. The van der Waals surface area contributed by atoms with Crippen molar-refractivity contribution in [1.82, 2.24) is 15.0 Å². The third-order valence-electron chi connectivity index (χ3n) is 2.29. The van der Waals surface area contributed by atoms with Gasteiger partial charge in [-0.25, -0.2) is 0 Å². The minimum Gasteiger partial charge on any atom is -0.464 e. The maximum Gasteiger partial charge on any atom is 0.323 e. The second-order valence-electron chi connectivity index (χ2n) is 3.70. The molecule has 106 valence electrons. The highest BCUT2D eigenvalue weighted by Crippen LogP contribution is 2.27. The van der Waals surface area contributed by atoms with Crippen molar-refractivity contribution >= 4 is 45.1 Å². The van der Waals surface area contributed by atoms with Gasteiger partial charge in [-0.3, -0.25) is 0 Å². The number of anilines is 3. The number of hydrogen-bond donors (Lipinski definition) is 2. The fourth-order valence-electron chi connectivity index (χ4n) is 1.42. The van der Waals surface area contributed by atoms with E-state index in [1.807, 2.05) is 19.1 Å². The van der Waals surface area contributed by atoms with Crippen molar-refractivity contribution in [3.05, 3.63) is 27.7 Å². The molecule has 0 spiro atoms. The van der Waals surface area contributed by atoms with Crippen LogP contribution < -0.4 is 15.4 Å². The summed E-state index contributed by atoms with van der Waals surface area (Å²) in [6.07, 6.45) is 0. The van der Waals surface area contributed by atoms with Gasteiger partial charge in [0.05, 0.1) is 11.6 Å². The normalized spacial score (nSPS) is 10.2. The van der Waals surface area contributed by atoms with Gasteiger partial charge in [0.1, 0.15) is 0 Å². The molecule has 1 heterocycles. The molecule has 6 nitrogen and oxygen atoms in total. The highest BCUT2D eigenvalue weighted by molar-refractivity contribution is 9.10. The third-order valence-corrected chi connectivity index (χ3v) is 3.52. The SMILES string of the molecule is CCOc1nc(NC)nc(Nc2ccc(Br)c(Cl)c2)n1. The Morgan fingerprint density at radius 1 is 1.25 bits per heavy atom. The first-order chi connectivity index (χ1) is 9.62. The van der Waals surface area contributed by atoms with Crippen LogP contribution in [0.3, 0.4) is 0 Å². The average Bonchev–Trinajstić information content (AvgIpc) is 2.43. The van der Waals surface area contributed by atoms with Crippen LogP contribution in [0.15, 0.2) is 22.7 Å². The third kappa shape index (κ3) is 3.71. The van der Waals surface area contributed by atoms with Crippen molar-refractivity contribution < 1.29 is 4.74 Å². The summed E-state index contributed by atoms with van der Waals surface area (Å²) >= 11 is 9.38. The Labute approximate surface area is 130 Å². The fraction of sp³-hybridized carbons (Fsp3) is 0.250. The predicted molar refractivity (Wildman–Crippen MR) is 83.0 cm³/mol. The first kappa shape index (κ1) is 14.8. The van der Waals surface area contributed by atoms with E-state index in [9.17, 15) is 0 Å². The van der Waals surface area contributed by atoms with E-state index in [2.05, 4.69) is 41.5 Å². The number of aromatic nitrogens is 3. The Bertz CT molecular complexity index is 610. The Balaban J connectivity index is 2.27. The summed E-state index contributed by atoms with van der Waals surface area (Å²) in [7, 11) is 1.73. The molecule has 0 aliphatic carbocycles. The molecule has 1 aromatic heterocycles. The lowest BCUT2D eigenvalue weighted by molar-refractivity contribution is 0.312. The molecule has 0 atom stereocenters. The van der Waals surface area contributed by atoms with Crippen LogP contribution in [-0.2, 0) is 0 Å². The first-order valence-electron chi connectivity index (χ1n) is 5.91. The van der Waals surface area contributed by atoms with Crippen LogP contribution in [0.2, 0.25) is 5.02 Å². The Kier molecular flexibility index (Phi) is 4.97. The van der Waals surface area contributed by atoms with Crippen LogP contribution >= 0.6 is 27.5 Å². The lowest BCUT2D eigenvalue weighted by atomic mass is 10.3. The summed E-state index contributed by atoms with van der Waals surface area (Å²) in [5.41, 5.74) is 0.772.